The third-order valence-corrected chi connectivity index (χ3v) is 3.92. The van der Waals surface area contributed by atoms with Gasteiger partial charge in [-0.2, -0.15) is 0 Å². The fourth-order valence-electron chi connectivity index (χ4n) is 2.71. The van der Waals surface area contributed by atoms with E-state index in [0.29, 0.717) is 6.04 Å². The van der Waals surface area contributed by atoms with E-state index in [9.17, 15) is 0 Å². The van der Waals surface area contributed by atoms with Gasteiger partial charge in [-0.1, -0.05) is 6.07 Å². The van der Waals surface area contributed by atoms with Gasteiger partial charge in [-0.25, -0.2) is 0 Å². The van der Waals surface area contributed by atoms with Crippen molar-refractivity contribution in [3.05, 3.63) is 23.8 Å². The van der Waals surface area contributed by atoms with E-state index >= 15 is 0 Å². The minimum atomic E-state index is 0.130. The van der Waals surface area contributed by atoms with Crippen LogP contribution < -0.4 is 14.8 Å². The Morgan fingerprint density at radius 1 is 1.14 bits per heavy atom. The van der Waals surface area contributed by atoms with Crippen LogP contribution in [0.15, 0.2) is 18.2 Å². The van der Waals surface area contributed by atoms with Gasteiger partial charge in [0.25, 0.3) is 0 Å². The Kier molecular flexibility index (Phi) is 5.85. The van der Waals surface area contributed by atoms with Gasteiger partial charge in [-0.05, 0) is 31.0 Å². The summed E-state index contributed by atoms with van der Waals surface area (Å²) in [5.41, 5.74) is 1.15. The van der Waals surface area contributed by atoms with E-state index in [0.717, 1.165) is 36.6 Å². The van der Waals surface area contributed by atoms with Crippen molar-refractivity contribution in [2.24, 2.45) is 0 Å². The number of ether oxygens (including phenoxy) is 4. The van der Waals surface area contributed by atoms with Crippen LogP contribution in [0.5, 0.6) is 11.5 Å². The lowest BCUT2D eigenvalue weighted by molar-refractivity contribution is -0.131. The molecule has 1 fully saturated rings. The summed E-state index contributed by atoms with van der Waals surface area (Å²) in [6, 6.07) is 6.29. The predicted molar refractivity (Wildman–Crippen MR) is 81.0 cm³/mol. The maximum absolute atomic E-state index is 5.63. The lowest BCUT2D eigenvalue weighted by Gasteiger charge is -2.43. The summed E-state index contributed by atoms with van der Waals surface area (Å²) in [6.07, 6.45) is 1.33. The van der Waals surface area contributed by atoms with Gasteiger partial charge in [0.15, 0.2) is 11.5 Å². The first kappa shape index (κ1) is 16.1. The highest BCUT2D eigenvalue weighted by Crippen LogP contribution is 2.29. The van der Waals surface area contributed by atoms with Crippen LogP contribution in [0.2, 0.25) is 0 Å². The lowest BCUT2D eigenvalue weighted by Crippen LogP contribution is -2.59. The maximum atomic E-state index is 5.63. The SMILES string of the molecule is CCOC1CC(NCc2ccc(OC)c(OC)c2)C1OC. The zero-order valence-electron chi connectivity index (χ0n) is 13.2. The molecule has 1 aromatic rings. The maximum Gasteiger partial charge on any atom is 0.161 e. The molecule has 1 saturated carbocycles. The average molecular weight is 295 g/mol. The molecular formula is C16H25NO4. The van der Waals surface area contributed by atoms with Gasteiger partial charge in [0.1, 0.15) is 0 Å². The highest BCUT2D eigenvalue weighted by atomic mass is 16.5. The third kappa shape index (κ3) is 3.67. The van der Waals surface area contributed by atoms with Crippen LogP contribution in [0.25, 0.3) is 0 Å². The van der Waals surface area contributed by atoms with Gasteiger partial charge in [-0.15, -0.1) is 0 Å². The zero-order valence-corrected chi connectivity index (χ0v) is 13.2. The summed E-state index contributed by atoms with van der Waals surface area (Å²) in [4.78, 5) is 0. The first-order chi connectivity index (χ1) is 10.2. The van der Waals surface area contributed by atoms with Crippen molar-refractivity contribution in [3.63, 3.8) is 0 Å². The van der Waals surface area contributed by atoms with Crippen LogP contribution in [-0.4, -0.2) is 46.2 Å². The number of hydrogen-bond donors (Lipinski definition) is 1. The van der Waals surface area contributed by atoms with Crippen molar-refractivity contribution in [3.8, 4) is 11.5 Å². The standard InChI is InChI=1S/C16H25NO4/c1-5-21-15-9-12(16(15)20-4)17-10-11-6-7-13(18-2)14(8-11)19-3/h6-8,12,15-17H,5,9-10H2,1-4H3. The van der Waals surface area contributed by atoms with Gasteiger partial charge < -0.3 is 24.3 Å². The quantitative estimate of drug-likeness (QED) is 0.795. The molecule has 21 heavy (non-hydrogen) atoms. The van der Waals surface area contributed by atoms with E-state index in [1.54, 1.807) is 21.3 Å². The molecule has 5 heteroatoms. The van der Waals surface area contributed by atoms with Gasteiger partial charge in [-0.3, -0.25) is 0 Å². The van der Waals surface area contributed by atoms with Crippen LogP contribution in [0.4, 0.5) is 0 Å². The van der Waals surface area contributed by atoms with E-state index in [4.69, 9.17) is 18.9 Å². The lowest BCUT2D eigenvalue weighted by atomic mass is 9.85. The van der Waals surface area contributed by atoms with Crippen molar-refractivity contribution in [1.82, 2.24) is 5.32 Å². The highest BCUT2D eigenvalue weighted by molar-refractivity contribution is 5.42. The molecule has 118 valence electrons. The smallest absolute Gasteiger partial charge is 0.161 e. The molecule has 0 aliphatic heterocycles. The van der Waals surface area contributed by atoms with Gasteiger partial charge in [0, 0.05) is 26.3 Å². The molecule has 0 spiro atoms. The summed E-state index contributed by atoms with van der Waals surface area (Å²) < 4.78 is 21.7. The molecule has 3 unspecified atom stereocenters. The number of nitrogens with one attached hydrogen (secondary N) is 1. The average Bonchev–Trinajstić information content (AvgIpc) is 2.50. The Bertz CT molecular complexity index is 452. The summed E-state index contributed by atoms with van der Waals surface area (Å²) in [7, 11) is 5.02. The van der Waals surface area contributed by atoms with E-state index in [-0.39, 0.29) is 12.2 Å². The van der Waals surface area contributed by atoms with Crippen molar-refractivity contribution in [1.29, 1.82) is 0 Å². The number of hydrogen-bond acceptors (Lipinski definition) is 5. The molecule has 1 N–H and O–H groups in total. The van der Waals surface area contributed by atoms with E-state index in [1.807, 2.05) is 25.1 Å². The summed E-state index contributed by atoms with van der Waals surface area (Å²) in [6.45, 7) is 3.51. The molecule has 1 aromatic carbocycles. The fraction of sp³-hybridized carbons (Fsp3) is 0.625. The molecule has 3 atom stereocenters. The fourth-order valence-corrected chi connectivity index (χ4v) is 2.71. The van der Waals surface area contributed by atoms with Crippen molar-refractivity contribution < 1.29 is 18.9 Å². The summed E-state index contributed by atoms with van der Waals surface area (Å²) in [5.74, 6) is 1.50. The van der Waals surface area contributed by atoms with Crippen LogP contribution in [0, 0.1) is 0 Å². The largest absolute Gasteiger partial charge is 0.493 e. The molecular weight excluding hydrogens is 270 g/mol. The Labute approximate surface area is 126 Å². The number of methoxy groups -OCH3 is 3. The first-order valence-corrected chi connectivity index (χ1v) is 7.32. The monoisotopic (exact) mass is 295 g/mol. The normalized spacial score (nSPS) is 24.5. The second-order valence-corrected chi connectivity index (χ2v) is 5.11. The van der Waals surface area contributed by atoms with Crippen molar-refractivity contribution in [2.45, 2.75) is 38.1 Å². The second-order valence-electron chi connectivity index (χ2n) is 5.11. The summed E-state index contributed by atoms with van der Waals surface area (Å²) in [5, 5.41) is 3.51. The number of benzene rings is 1. The molecule has 1 aliphatic carbocycles. The second kappa shape index (κ2) is 7.64. The predicted octanol–water partition coefficient (Wildman–Crippen LogP) is 1.99. The zero-order chi connectivity index (χ0) is 15.2. The highest BCUT2D eigenvalue weighted by Gasteiger charge is 2.41. The number of rotatable bonds is 8. The van der Waals surface area contributed by atoms with Crippen LogP contribution >= 0.6 is 0 Å². The molecule has 0 saturated heterocycles. The third-order valence-electron chi connectivity index (χ3n) is 3.92. The molecule has 0 amide bonds. The minimum absolute atomic E-state index is 0.130. The topological polar surface area (TPSA) is 49.0 Å². The minimum Gasteiger partial charge on any atom is -0.493 e. The van der Waals surface area contributed by atoms with Crippen LogP contribution in [0.1, 0.15) is 18.9 Å². The molecule has 0 aromatic heterocycles. The van der Waals surface area contributed by atoms with E-state index < -0.39 is 0 Å². The Balaban J connectivity index is 1.89. The molecule has 0 radical (unpaired) electrons. The van der Waals surface area contributed by atoms with E-state index in [1.165, 1.54) is 0 Å². The summed E-state index contributed by atoms with van der Waals surface area (Å²) >= 11 is 0. The van der Waals surface area contributed by atoms with Crippen molar-refractivity contribution in [2.75, 3.05) is 27.9 Å². The molecule has 0 bridgehead atoms. The molecule has 1 aliphatic rings. The van der Waals surface area contributed by atoms with Gasteiger partial charge in [0.2, 0.25) is 0 Å². The van der Waals surface area contributed by atoms with Gasteiger partial charge >= 0.3 is 0 Å². The van der Waals surface area contributed by atoms with Crippen LogP contribution in [0.3, 0.4) is 0 Å². The molecule has 2 rings (SSSR count). The Morgan fingerprint density at radius 2 is 1.90 bits per heavy atom. The Morgan fingerprint density at radius 3 is 2.52 bits per heavy atom. The molecule has 0 heterocycles. The van der Waals surface area contributed by atoms with Crippen LogP contribution in [-0.2, 0) is 16.0 Å². The Hall–Kier alpha value is -1.30. The van der Waals surface area contributed by atoms with Crippen molar-refractivity contribution >= 4 is 0 Å². The first-order valence-electron chi connectivity index (χ1n) is 7.32. The van der Waals surface area contributed by atoms with Gasteiger partial charge in [0.05, 0.1) is 26.4 Å². The molecule has 5 nitrogen and oxygen atoms in total. The van der Waals surface area contributed by atoms with E-state index in [2.05, 4.69) is 5.32 Å².